The van der Waals surface area contributed by atoms with Crippen LogP contribution in [0.25, 0.3) is 0 Å². The number of amides is 2. The molecule has 2 amide bonds. The van der Waals surface area contributed by atoms with Crippen molar-refractivity contribution in [1.29, 1.82) is 0 Å². The fourth-order valence-electron chi connectivity index (χ4n) is 4.85. The van der Waals surface area contributed by atoms with Crippen LogP contribution in [0.1, 0.15) is 34.7 Å². The zero-order valence-corrected chi connectivity index (χ0v) is 19.2. The first-order chi connectivity index (χ1) is 16.0. The lowest BCUT2D eigenvalue weighted by Gasteiger charge is -2.25. The molecule has 0 spiro atoms. The average Bonchev–Trinajstić information content (AvgIpc) is 3.53. The largest absolute Gasteiger partial charge is 0.493 e. The molecule has 2 heterocycles. The van der Waals surface area contributed by atoms with Crippen molar-refractivity contribution >= 4 is 11.8 Å². The molecule has 2 atom stereocenters. The van der Waals surface area contributed by atoms with E-state index in [2.05, 4.69) is 0 Å². The molecule has 7 nitrogen and oxygen atoms in total. The quantitative estimate of drug-likeness (QED) is 0.667. The number of hydrogen-bond donors (Lipinski definition) is 0. The molecule has 0 aromatic heterocycles. The Morgan fingerprint density at radius 2 is 1.55 bits per heavy atom. The zero-order valence-electron chi connectivity index (χ0n) is 19.2. The highest BCUT2D eigenvalue weighted by molar-refractivity contribution is 5.95. The second-order valence-electron chi connectivity index (χ2n) is 8.39. The molecule has 4 rings (SSSR count). The van der Waals surface area contributed by atoms with Crippen LogP contribution >= 0.6 is 0 Å². The summed E-state index contributed by atoms with van der Waals surface area (Å²) in [4.78, 5) is 30.1. The minimum absolute atomic E-state index is 0.00964. The van der Waals surface area contributed by atoms with E-state index in [1.807, 2.05) is 17.0 Å². The number of nitrogens with zero attached hydrogens (tertiary/aromatic N) is 2. The van der Waals surface area contributed by atoms with Gasteiger partial charge in [0.05, 0.1) is 32.8 Å². The Hall–Kier alpha value is -3.29. The Bertz CT molecular complexity index is 1010. The fraction of sp³-hybridized carbons (Fsp3) is 0.440. The highest BCUT2D eigenvalue weighted by Gasteiger charge is 2.43. The van der Waals surface area contributed by atoms with E-state index in [4.69, 9.17) is 14.2 Å². The average molecular weight is 457 g/mol. The number of likely N-dealkylation sites (tertiary alicyclic amines) is 2. The molecule has 2 aliphatic heterocycles. The molecule has 2 fully saturated rings. The highest BCUT2D eigenvalue weighted by Crippen LogP contribution is 2.44. The maximum Gasteiger partial charge on any atom is 0.256 e. The molecule has 33 heavy (non-hydrogen) atoms. The molecule has 0 N–H and O–H groups in total. The summed E-state index contributed by atoms with van der Waals surface area (Å²) in [6.45, 7) is 1.96. The Morgan fingerprint density at radius 3 is 2.12 bits per heavy atom. The number of carbonyl (C=O) groups excluding carboxylic acids is 2. The number of methoxy groups -OCH3 is 3. The monoisotopic (exact) mass is 456 g/mol. The first-order valence-electron chi connectivity index (χ1n) is 11.1. The van der Waals surface area contributed by atoms with Gasteiger partial charge >= 0.3 is 0 Å². The van der Waals surface area contributed by atoms with E-state index in [1.165, 1.54) is 33.5 Å². The van der Waals surface area contributed by atoms with Gasteiger partial charge in [0.15, 0.2) is 11.5 Å². The molecule has 0 bridgehead atoms. The van der Waals surface area contributed by atoms with E-state index in [0.29, 0.717) is 17.2 Å². The molecule has 2 aliphatic rings. The second-order valence-corrected chi connectivity index (χ2v) is 8.39. The van der Waals surface area contributed by atoms with Gasteiger partial charge in [0.2, 0.25) is 11.7 Å². The van der Waals surface area contributed by atoms with Crippen molar-refractivity contribution in [1.82, 2.24) is 9.80 Å². The number of ether oxygens (including phenoxy) is 3. The SMILES string of the molecule is COc1cc([C@@H]2CN(C(=O)c3ccccc3F)C[C@@H]2C(=O)N2CCCC2)cc(OC)c1OC. The summed E-state index contributed by atoms with van der Waals surface area (Å²) in [5.41, 5.74) is 0.821. The van der Waals surface area contributed by atoms with Gasteiger partial charge in [0, 0.05) is 32.1 Å². The van der Waals surface area contributed by atoms with Gasteiger partial charge in [-0.1, -0.05) is 12.1 Å². The van der Waals surface area contributed by atoms with E-state index in [9.17, 15) is 14.0 Å². The normalized spacial score (nSPS) is 20.1. The first kappa shape index (κ1) is 22.9. The predicted molar refractivity (Wildman–Crippen MR) is 120 cm³/mol. The number of hydrogen-bond acceptors (Lipinski definition) is 5. The first-order valence-corrected chi connectivity index (χ1v) is 11.1. The van der Waals surface area contributed by atoms with Gasteiger partial charge in [-0.15, -0.1) is 0 Å². The third-order valence-corrected chi connectivity index (χ3v) is 6.56. The van der Waals surface area contributed by atoms with E-state index >= 15 is 0 Å². The topological polar surface area (TPSA) is 68.3 Å². The Balaban J connectivity index is 1.71. The van der Waals surface area contributed by atoms with Gasteiger partial charge in [-0.2, -0.15) is 0 Å². The molecule has 8 heteroatoms. The van der Waals surface area contributed by atoms with Gasteiger partial charge in [0.1, 0.15) is 5.82 Å². The van der Waals surface area contributed by atoms with Gasteiger partial charge in [-0.3, -0.25) is 9.59 Å². The minimum atomic E-state index is -0.568. The van der Waals surface area contributed by atoms with Crippen molar-refractivity contribution < 1.29 is 28.2 Å². The van der Waals surface area contributed by atoms with E-state index in [-0.39, 0.29) is 30.5 Å². The summed E-state index contributed by atoms with van der Waals surface area (Å²) in [6.07, 6.45) is 1.95. The fourth-order valence-corrected chi connectivity index (χ4v) is 4.85. The molecule has 2 aromatic carbocycles. The molecular weight excluding hydrogens is 427 g/mol. The van der Waals surface area contributed by atoms with Crippen molar-refractivity contribution in [2.75, 3.05) is 47.5 Å². The van der Waals surface area contributed by atoms with Gasteiger partial charge in [-0.25, -0.2) is 4.39 Å². The smallest absolute Gasteiger partial charge is 0.256 e. The van der Waals surface area contributed by atoms with Gasteiger partial charge in [-0.05, 0) is 42.7 Å². The van der Waals surface area contributed by atoms with Crippen LogP contribution in [0.5, 0.6) is 17.2 Å². The van der Waals surface area contributed by atoms with Crippen LogP contribution in [0.15, 0.2) is 36.4 Å². The van der Waals surface area contributed by atoms with Crippen molar-refractivity contribution in [2.45, 2.75) is 18.8 Å². The molecule has 2 aromatic rings. The summed E-state index contributed by atoms with van der Waals surface area (Å²) in [6, 6.07) is 9.58. The second kappa shape index (κ2) is 9.68. The lowest BCUT2D eigenvalue weighted by Crippen LogP contribution is -2.37. The maximum atomic E-state index is 14.3. The molecule has 0 radical (unpaired) electrons. The van der Waals surface area contributed by atoms with Crippen LogP contribution < -0.4 is 14.2 Å². The Labute approximate surface area is 193 Å². The number of halogens is 1. The van der Waals surface area contributed by atoms with Gasteiger partial charge < -0.3 is 24.0 Å². The molecule has 0 unspecified atom stereocenters. The zero-order chi connectivity index (χ0) is 23.5. The third-order valence-electron chi connectivity index (χ3n) is 6.56. The van der Waals surface area contributed by atoms with Crippen LogP contribution in [0, 0.1) is 11.7 Å². The van der Waals surface area contributed by atoms with Crippen LogP contribution in [-0.2, 0) is 4.79 Å². The number of carbonyl (C=O) groups is 2. The van der Waals surface area contributed by atoms with Crippen molar-refractivity contribution in [3.63, 3.8) is 0 Å². The standard InChI is InChI=1S/C25H29FN2O5/c1-31-21-12-16(13-22(32-2)23(21)33-3)18-14-28(24(29)17-8-4-5-9-20(17)26)15-19(18)25(30)27-10-6-7-11-27/h4-5,8-9,12-13,18-19H,6-7,10-11,14-15H2,1-3H3/t18-,19-/m0/s1. The van der Waals surface area contributed by atoms with Gasteiger partial charge in [0.25, 0.3) is 5.91 Å². The van der Waals surface area contributed by atoms with Crippen molar-refractivity contribution in [2.24, 2.45) is 5.92 Å². The molecule has 0 saturated carbocycles. The molecular formula is C25H29FN2O5. The van der Waals surface area contributed by atoms with Crippen LogP contribution in [0.4, 0.5) is 4.39 Å². The summed E-state index contributed by atoms with van der Waals surface area (Å²) in [7, 11) is 4.61. The molecule has 2 saturated heterocycles. The van der Waals surface area contributed by atoms with Crippen LogP contribution in [-0.4, -0.2) is 69.1 Å². The van der Waals surface area contributed by atoms with Crippen molar-refractivity contribution in [3.8, 4) is 17.2 Å². The van der Waals surface area contributed by atoms with E-state index in [1.54, 1.807) is 17.0 Å². The maximum absolute atomic E-state index is 14.3. The Kier molecular flexibility index (Phi) is 6.72. The van der Waals surface area contributed by atoms with Crippen molar-refractivity contribution in [3.05, 3.63) is 53.3 Å². The van der Waals surface area contributed by atoms with E-state index < -0.39 is 17.6 Å². The lowest BCUT2D eigenvalue weighted by molar-refractivity contribution is -0.134. The lowest BCUT2D eigenvalue weighted by atomic mass is 9.87. The van der Waals surface area contributed by atoms with Crippen LogP contribution in [0.2, 0.25) is 0 Å². The van der Waals surface area contributed by atoms with Crippen LogP contribution in [0.3, 0.4) is 0 Å². The summed E-state index contributed by atoms with van der Waals surface area (Å²) in [5, 5.41) is 0. The van der Waals surface area contributed by atoms with E-state index in [0.717, 1.165) is 31.5 Å². The number of benzene rings is 2. The summed E-state index contributed by atoms with van der Waals surface area (Å²) >= 11 is 0. The number of rotatable bonds is 6. The third kappa shape index (κ3) is 4.34. The summed E-state index contributed by atoms with van der Waals surface area (Å²) in [5.74, 6) is -0.262. The molecule has 0 aliphatic carbocycles. The predicted octanol–water partition coefficient (Wildman–Crippen LogP) is 3.33. The Morgan fingerprint density at radius 1 is 0.909 bits per heavy atom. The highest BCUT2D eigenvalue weighted by atomic mass is 19.1. The molecule has 176 valence electrons. The minimum Gasteiger partial charge on any atom is -0.493 e. The summed E-state index contributed by atoms with van der Waals surface area (Å²) < 4.78 is 30.8.